The lowest BCUT2D eigenvalue weighted by Gasteiger charge is -2.10. The monoisotopic (exact) mass is 220 g/mol. The van der Waals surface area contributed by atoms with Crippen molar-refractivity contribution in [3.8, 4) is 0 Å². The number of nitrogens with zero attached hydrogens (tertiary/aromatic N) is 1. The molecule has 2 aliphatic heterocycles. The smallest absolute Gasteiger partial charge is 0.188 e. The first-order valence-corrected chi connectivity index (χ1v) is 6.58. The molecule has 1 atom stereocenters. The Bertz CT molecular complexity index is 658. The molecule has 1 aromatic rings. The van der Waals surface area contributed by atoms with E-state index in [1.54, 1.807) is 22.4 Å². The van der Waals surface area contributed by atoms with E-state index in [2.05, 4.69) is 34.9 Å². The molecule has 0 fully saturated rings. The molecule has 2 aliphatic carbocycles. The second-order valence-electron chi connectivity index (χ2n) is 5.56. The number of pyridine rings is 1. The van der Waals surface area contributed by atoms with Crippen molar-refractivity contribution in [1.82, 2.24) is 0 Å². The number of allylic oxidation sites excluding steroid dienone is 5. The summed E-state index contributed by atoms with van der Waals surface area (Å²) in [7, 11) is 0. The maximum atomic E-state index is 2.64. The molecule has 0 amide bonds. The second-order valence-corrected chi connectivity index (χ2v) is 5.56. The van der Waals surface area contributed by atoms with Crippen LogP contribution in [0.15, 0.2) is 35.4 Å². The average molecular weight is 220 g/mol. The summed E-state index contributed by atoms with van der Waals surface area (Å²) in [5.41, 5.74) is 9.37. The first kappa shape index (κ1) is 8.46. The van der Waals surface area contributed by atoms with Crippen molar-refractivity contribution < 1.29 is 4.57 Å². The molecule has 17 heavy (non-hydrogen) atoms. The first-order chi connectivity index (χ1) is 8.42. The van der Waals surface area contributed by atoms with Crippen LogP contribution in [0, 0.1) is 0 Å². The third kappa shape index (κ3) is 0.867. The molecule has 0 saturated heterocycles. The van der Waals surface area contributed by atoms with E-state index in [9.17, 15) is 0 Å². The molecule has 3 heterocycles. The standard InChI is InChI=1S/C16H14N/c1-2-12-13(3-1)15-7-5-11-8-10-4-6-14(12)17(15)16(11)9-10/h1-2,5,7-8,14H,3-4,6,9H2/q+1. The Labute approximate surface area is 101 Å². The van der Waals surface area contributed by atoms with E-state index in [0.717, 1.165) is 6.42 Å². The summed E-state index contributed by atoms with van der Waals surface area (Å²) in [5.74, 6) is 0. The highest BCUT2D eigenvalue weighted by Crippen LogP contribution is 2.44. The van der Waals surface area contributed by atoms with Gasteiger partial charge in [0.15, 0.2) is 11.7 Å². The van der Waals surface area contributed by atoms with Gasteiger partial charge in [-0.15, -0.1) is 0 Å². The fourth-order valence-corrected chi connectivity index (χ4v) is 4.03. The van der Waals surface area contributed by atoms with E-state index in [-0.39, 0.29) is 0 Å². The van der Waals surface area contributed by atoms with Crippen LogP contribution in [0.25, 0.3) is 11.6 Å². The Morgan fingerprint density at radius 3 is 3.24 bits per heavy atom. The third-order valence-electron chi connectivity index (χ3n) is 4.75. The van der Waals surface area contributed by atoms with Crippen LogP contribution >= 0.6 is 0 Å². The van der Waals surface area contributed by atoms with Crippen molar-refractivity contribution in [2.24, 2.45) is 0 Å². The van der Waals surface area contributed by atoms with Gasteiger partial charge in [0.05, 0.1) is 6.42 Å². The lowest BCUT2D eigenvalue weighted by atomic mass is 10.00. The normalized spacial score (nSPS) is 26.4. The molecule has 4 aliphatic rings. The highest BCUT2D eigenvalue weighted by Gasteiger charge is 2.44. The number of rotatable bonds is 0. The summed E-state index contributed by atoms with van der Waals surface area (Å²) in [4.78, 5) is 0. The maximum absolute atomic E-state index is 2.64. The van der Waals surface area contributed by atoms with Gasteiger partial charge in [0.25, 0.3) is 0 Å². The highest BCUT2D eigenvalue weighted by atomic mass is 15.1. The molecule has 1 nitrogen and oxygen atoms in total. The fraction of sp³-hybridized carbons (Fsp3) is 0.312. The first-order valence-electron chi connectivity index (χ1n) is 6.58. The van der Waals surface area contributed by atoms with Crippen LogP contribution in [0.2, 0.25) is 0 Å². The van der Waals surface area contributed by atoms with Crippen molar-refractivity contribution in [3.63, 3.8) is 0 Å². The minimum atomic E-state index is 0.639. The number of hydrogen-bond donors (Lipinski definition) is 0. The van der Waals surface area contributed by atoms with Gasteiger partial charge in [0, 0.05) is 29.2 Å². The number of aromatic nitrogens is 1. The summed E-state index contributed by atoms with van der Waals surface area (Å²) in [6.07, 6.45) is 12.0. The number of hydrogen-bond acceptors (Lipinski definition) is 0. The second kappa shape index (κ2) is 2.61. The molecule has 82 valence electrons. The zero-order valence-corrected chi connectivity index (χ0v) is 9.74. The van der Waals surface area contributed by atoms with Crippen molar-refractivity contribution in [1.29, 1.82) is 0 Å². The molecular formula is C16H14N+. The van der Waals surface area contributed by atoms with Crippen LogP contribution in [0.1, 0.15) is 42.3 Å². The third-order valence-corrected chi connectivity index (χ3v) is 4.75. The van der Waals surface area contributed by atoms with Crippen LogP contribution < -0.4 is 4.57 Å². The van der Waals surface area contributed by atoms with E-state index < -0.39 is 0 Å². The summed E-state index contributed by atoms with van der Waals surface area (Å²) in [6, 6.07) is 5.30. The molecule has 2 bridgehead atoms. The molecule has 0 aromatic carbocycles. The van der Waals surface area contributed by atoms with Gasteiger partial charge in [-0.25, -0.2) is 0 Å². The highest BCUT2D eigenvalue weighted by molar-refractivity contribution is 5.75. The Balaban J connectivity index is 1.88. The predicted octanol–water partition coefficient (Wildman–Crippen LogP) is 2.98. The zero-order chi connectivity index (χ0) is 11.0. The van der Waals surface area contributed by atoms with Crippen LogP contribution in [0.4, 0.5) is 0 Å². The Morgan fingerprint density at radius 2 is 2.24 bits per heavy atom. The summed E-state index contributed by atoms with van der Waals surface area (Å²) in [5, 5.41) is 0. The van der Waals surface area contributed by atoms with E-state index in [0.29, 0.717) is 6.04 Å². The molecule has 1 unspecified atom stereocenters. The van der Waals surface area contributed by atoms with Crippen LogP contribution in [0.5, 0.6) is 0 Å². The summed E-state index contributed by atoms with van der Waals surface area (Å²) < 4.78 is 2.64. The topological polar surface area (TPSA) is 3.88 Å². The fourth-order valence-electron chi connectivity index (χ4n) is 4.03. The molecule has 5 rings (SSSR count). The van der Waals surface area contributed by atoms with E-state index in [1.807, 2.05) is 0 Å². The van der Waals surface area contributed by atoms with Crippen molar-refractivity contribution in [2.75, 3.05) is 0 Å². The van der Waals surface area contributed by atoms with Gasteiger partial charge in [0.2, 0.25) is 5.69 Å². The van der Waals surface area contributed by atoms with Gasteiger partial charge in [-0.3, -0.25) is 0 Å². The van der Waals surface area contributed by atoms with Gasteiger partial charge in [-0.1, -0.05) is 17.7 Å². The number of fused-ring (bicyclic) bond motifs is 3. The van der Waals surface area contributed by atoms with Gasteiger partial charge in [-0.05, 0) is 25.0 Å². The predicted molar refractivity (Wildman–Crippen MR) is 67.3 cm³/mol. The largest absolute Gasteiger partial charge is 0.210 e. The molecule has 0 N–H and O–H groups in total. The average Bonchev–Trinajstić information content (AvgIpc) is 2.95. The summed E-state index contributed by atoms with van der Waals surface area (Å²) >= 11 is 0. The van der Waals surface area contributed by atoms with Crippen molar-refractivity contribution in [3.05, 3.63) is 52.4 Å². The minimum Gasteiger partial charge on any atom is -0.188 e. The van der Waals surface area contributed by atoms with Gasteiger partial charge < -0.3 is 0 Å². The lowest BCUT2D eigenvalue weighted by molar-refractivity contribution is -0.717. The van der Waals surface area contributed by atoms with Gasteiger partial charge in [0.1, 0.15) is 0 Å². The molecule has 1 aromatic heterocycles. The van der Waals surface area contributed by atoms with E-state index >= 15 is 0 Å². The molecule has 0 radical (unpaired) electrons. The SMILES string of the molecule is C1=CC2=C(C1)c1ccc3c4[n+]1C2CCC(=C3)C4. The van der Waals surface area contributed by atoms with Crippen LogP contribution in [-0.4, -0.2) is 0 Å². The van der Waals surface area contributed by atoms with E-state index in [1.165, 1.54) is 30.5 Å². The minimum absolute atomic E-state index is 0.639. The van der Waals surface area contributed by atoms with Gasteiger partial charge in [-0.2, -0.15) is 4.57 Å². The zero-order valence-electron chi connectivity index (χ0n) is 9.74. The van der Waals surface area contributed by atoms with Crippen molar-refractivity contribution >= 4 is 11.6 Å². The molecule has 1 heteroatoms. The Kier molecular flexibility index (Phi) is 1.30. The lowest BCUT2D eigenvalue weighted by Crippen LogP contribution is -2.43. The van der Waals surface area contributed by atoms with Gasteiger partial charge >= 0.3 is 0 Å². The van der Waals surface area contributed by atoms with Crippen LogP contribution in [-0.2, 0) is 6.42 Å². The Hall–Kier alpha value is -1.63. The Morgan fingerprint density at radius 1 is 1.24 bits per heavy atom. The van der Waals surface area contributed by atoms with Crippen LogP contribution in [0.3, 0.4) is 0 Å². The molecule has 0 saturated carbocycles. The molecule has 0 spiro atoms. The van der Waals surface area contributed by atoms with E-state index in [4.69, 9.17) is 0 Å². The molecular weight excluding hydrogens is 206 g/mol. The quantitative estimate of drug-likeness (QED) is 0.592. The van der Waals surface area contributed by atoms with Crippen molar-refractivity contribution in [2.45, 2.75) is 31.7 Å². The summed E-state index contributed by atoms with van der Waals surface area (Å²) in [6.45, 7) is 0. The maximum Gasteiger partial charge on any atom is 0.210 e.